The van der Waals surface area contributed by atoms with Gasteiger partial charge in [0.15, 0.2) is 0 Å². The highest BCUT2D eigenvalue weighted by Gasteiger charge is 2.35. The molecule has 4 rings (SSSR count). The van der Waals surface area contributed by atoms with Crippen molar-refractivity contribution in [2.75, 3.05) is 5.32 Å². The predicted molar refractivity (Wildman–Crippen MR) is 122 cm³/mol. The maximum Gasteiger partial charge on any atom is 0.333 e. The van der Waals surface area contributed by atoms with Crippen LogP contribution in [-0.2, 0) is 15.6 Å². The Morgan fingerprint density at radius 2 is 1.62 bits per heavy atom. The lowest BCUT2D eigenvalue weighted by Crippen LogP contribution is -2.35. The molecule has 2 aliphatic carbocycles. The summed E-state index contributed by atoms with van der Waals surface area (Å²) in [6.45, 7) is 7.38. The summed E-state index contributed by atoms with van der Waals surface area (Å²) in [5.74, 6) is 1.76. The Labute approximate surface area is 189 Å². The molecule has 0 spiro atoms. The SMILES string of the molecule is C[C@H](c1cccc([C@H](C)C2CC2)c1NC(=O)NS(=O)(=O)c1cc(C(C)(C)O)co1)C1CC1. The lowest BCUT2D eigenvalue weighted by Gasteiger charge is -2.23. The van der Waals surface area contributed by atoms with Crippen molar-refractivity contribution in [2.45, 2.75) is 75.9 Å². The van der Waals surface area contributed by atoms with Crippen LogP contribution in [-0.4, -0.2) is 19.6 Å². The van der Waals surface area contributed by atoms with Gasteiger partial charge in [-0.2, -0.15) is 8.42 Å². The smallest absolute Gasteiger partial charge is 0.333 e. The van der Waals surface area contributed by atoms with Crippen LogP contribution in [0.15, 0.2) is 40.0 Å². The van der Waals surface area contributed by atoms with E-state index in [2.05, 4.69) is 23.9 Å². The Balaban J connectivity index is 1.58. The number of sulfonamides is 1. The summed E-state index contributed by atoms with van der Waals surface area (Å²) in [6, 6.07) is 6.48. The summed E-state index contributed by atoms with van der Waals surface area (Å²) in [5.41, 5.74) is 1.86. The highest BCUT2D eigenvalue weighted by atomic mass is 32.2. The van der Waals surface area contributed by atoms with Gasteiger partial charge in [0.2, 0.25) is 5.09 Å². The Bertz CT molecular complexity index is 1070. The van der Waals surface area contributed by atoms with Crippen LogP contribution >= 0.6 is 0 Å². The molecular weight excluding hydrogens is 428 g/mol. The Hall–Kier alpha value is -2.32. The first-order valence-electron chi connectivity index (χ1n) is 11.3. The Morgan fingerprint density at radius 1 is 1.09 bits per heavy atom. The average molecular weight is 461 g/mol. The molecule has 8 heteroatoms. The highest BCUT2D eigenvalue weighted by Crippen LogP contribution is 2.49. The molecule has 2 saturated carbocycles. The van der Waals surface area contributed by atoms with Gasteiger partial charge in [-0.3, -0.25) is 0 Å². The van der Waals surface area contributed by atoms with Crippen molar-refractivity contribution in [3.05, 3.63) is 47.2 Å². The van der Waals surface area contributed by atoms with Gasteiger partial charge in [0.05, 0.1) is 11.9 Å². The van der Waals surface area contributed by atoms with Gasteiger partial charge < -0.3 is 14.8 Å². The molecule has 3 N–H and O–H groups in total. The van der Waals surface area contributed by atoms with Gasteiger partial charge in [-0.05, 0) is 74.3 Å². The van der Waals surface area contributed by atoms with E-state index in [0.29, 0.717) is 17.4 Å². The number of carbonyl (C=O) groups is 1. The lowest BCUT2D eigenvalue weighted by molar-refractivity contribution is 0.0779. The minimum absolute atomic E-state index is 0.285. The number of nitrogens with one attached hydrogen (secondary N) is 2. The van der Waals surface area contributed by atoms with E-state index in [1.165, 1.54) is 51.9 Å². The molecule has 32 heavy (non-hydrogen) atoms. The predicted octanol–water partition coefficient (Wildman–Crippen LogP) is 5.04. The summed E-state index contributed by atoms with van der Waals surface area (Å²) < 4.78 is 32.6. The second-order valence-corrected chi connectivity index (χ2v) is 11.5. The zero-order valence-corrected chi connectivity index (χ0v) is 19.8. The zero-order valence-electron chi connectivity index (χ0n) is 19.0. The topological polar surface area (TPSA) is 109 Å². The third-order valence-electron chi connectivity index (χ3n) is 6.78. The van der Waals surface area contributed by atoms with Crippen LogP contribution in [0.25, 0.3) is 0 Å². The van der Waals surface area contributed by atoms with Crippen LogP contribution in [0.5, 0.6) is 0 Å². The Morgan fingerprint density at radius 3 is 2.06 bits per heavy atom. The summed E-state index contributed by atoms with van der Waals surface area (Å²) in [4.78, 5) is 12.8. The number of carbonyl (C=O) groups excluding carboxylic acids is 1. The van der Waals surface area contributed by atoms with Crippen LogP contribution in [0.3, 0.4) is 0 Å². The van der Waals surface area contributed by atoms with E-state index in [4.69, 9.17) is 4.42 Å². The third kappa shape index (κ3) is 4.86. The van der Waals surface area contributed by atoms with Crippen molar-refractivity contribution >= 4 is 21.7 Å². The molecule has 0 saturated heterocycles. The second-order valence-electron chi connectivity index (χ2n) is 9.84. The molecule has 0 unspecified atom stereocenters. The van der Waals surface area contributed by atoms with Crippen LogP contribution in [0.4, 0.5) is 10.5 Å². The van der Waals surface area contributed by atoms with Gasteiger partial charge >= 0.3 is 6.03 Å². The number of urea groups is 1. The number of furan rings is 1. The van der Waals surface area contributed by atoms with Crippen LogP contribution in [0.2, 0.25) is 0 Å². The number of para-hydroxylation sites is 1. The minimum Gasteiger partial charge on any atom is -0.451 e. The van der Waals surface area contributed by atoms with E-state index in [-0.39, 0.29) is 11.8 Å². The monoisotopic (exact) mass is 460 g/mol. The van der Waals surface area contributed by atoms with Crippen molar-refractivity contribution in [3.8, 4) is 0 Å². The summed E-state index contributed by atoms with van der Waals surface area (Å²) >= 11 is 0. The largest absolute Gasteiger partial charge is 0.451 e. The first kappa shape index (κ1) is 22.9. The molecule has 174 valence electrons. The highest BCUT2D eigenvalue weighted by molar-refractivity contribution is 7.89. The summed E-state index contributed by atoms with van der Waals surface area (Å²) in [6.07, 6.45) is 5.86. The van der Waals surface area contributed by atoms with Gasteiger partial charge in [0.1, 0.15) is 0 Å². The zero-order chi connectivity index (χ0) is 23.3. The Kier molecular flexibility index (Phi) is 5.88. The number of hydrogen-bond acceptors (Lipinski definition) is 5. The lowest BCUT2D eigenvalue weighted by atomic mass is 9.87. The van der Waals surface area contributed by atoms with Gasteiger partial charge in [-0.1, -0.05) is 32.0 Å². The average Bonchev–Trinajstić information content (AvgIpc) is 3.63. The fourth-order valence-corrected chi connectivity index (χ4v) is 5.13. The standard InChI is InChI=1S/C24H32N2O5S/c1-14(16-8-9-16)19-6-5-7-20(15(2)17-10-11-17)22(19)25-23(27)26-32(29,30)21-12-18(13-31-21)24(3,4)28/h5-7,12-17,28H,8-11H2,1-4H3,(H2,25,26,27)/t14-,15+. The molecule has 1 aromatic heterocycles. The number of benzene rings is 1. The summed E-state index contributed by atoms with van der Waals surface area (Å²) in [5, 5.41) is 12.5. The maximum atomic E-state index is 12.8. The normalized spacial score (nSPS) is 18.8. The van der Waals surface area contributed by atoms with E-state index in [1.807, 2.05) is 18.2 Å². The van der Waals surface area contributed by atoms with Crippen LogP contribution in [0, 0.1) is 11.8 Å². The summed E-state index contributed by atoms with van der Waals surface area (Å²) in [7, 11) is -4.23. The van der Waals surface area contributed by atoms with Crippen molar-refractivity contribution in [3.63, 3.8) is 0 Å². The van der Waals surface area contributed by atoms with E-state index >= 15 is 0 Å². The fraction of sp³-hybridized carbons (Fsp3) is 0.542. The molecule has 2 amide bonds. The molecule has 0 radical (unpaired) electrons. The van der Waals surface area contributed by atoms with Crippen LogP contribution < -0.4 is 10.0 Å². The molecule has 2 aromatic rings. The second kappa shape index (κ2) is 8.23. The van der Waals surface area contributed by atoms with E-state index in [9.17, 15) is 18.3 Å². The molecular formula is C24H32N2O5S. The van der Waals surface area contributed by atoms with Crippen molar-refractivity contribution in [1.29, 1.82) is 0 Å². The van der Waals surface area contributed by atoms with Gasteiger partial charge in [0, 0.05) is 17.3 Å². The molecule has 7 nitrogen and oxygen atoms in total. The van der Waals surface area contributed by atoms with Gasteiger partial charge in [-0.15, -0.1) is 0 Å². The van der Waals surface area contributed by atoms with Crippen molar-refractivity contribution < 1.29 is 22.7 Å². The maximum absolute atomic E-state index is 12.8. The van der Waals surface area contributed by atoms with Crippen LogP contribution in [0.1, 0.15) is 81.9 Å². The fourth-order valence-electron chi connectivity index (χ4n) is 4.28. The third-order valence-corrected chi connectivity index (χ3v) is 7.98. The molecule has 0 aliphatic heterocycles. The number of amides is 2. The number of hydrogen-bond donors (Lipinski definition) is 3. The quantitative estimate of drug-likeness (QED) is 0.511. The van der Waals surface area contributed by atoms with Gasteiger partial charge in [0.25, 0.3) is 10.0 Å². The van der Waals surface area contributed by atoms with Crippen molar-refractivity contribution in [2.24, 2.45) is 11.8 Å². The minimum atomic E-state index is -4.23. The molecule has 1 heterocycles. The first-order chi connectivity index (χ1) is 15.0. The van der Waals surface area contributed by atoms with E-state index < -0.39 is 26.7 Å². The van der Waals surface area contributed by atoms with E-state index in [1.54, 1.807) is 0 Å². The molecule has 2 atom stereocenters. The molecule has 1 aromatic carbocycles. The number of anilines is 1. The van der Waals surface area contributed by atoms with E-state index in [0.717, 1.165) is 16.8 Å². The molecule has 0 bridgehead atoms. The van der Waals surface area contributed by atoms with Gasteiger partial charge in [-0.25, -0.2) is 9.52 Å². The molecule has 2 fully saturated rings. The number of aliphatic hydroxyl groups is 1. The number of rotatable bonds is 8. The molecule has 2 aliphatic rings. The van der Waals surface area contributed by atoms with Crippen molar-refractivity contribution in [1.82, 2.24) is 4.72 Å². The first-order valence-corrected chi connectivity index (χ1v) is 12.7.